The van der Waals surface area contributed by atoms with E-state index in [4.69, 9.17) is 0 Å². The van der Waals surface area contributed by atoms with E-state index in [1.54, 1.807) is 4.90 Å². The fourth-order valence-electron chi connectivity index (χ4n) is 3.55. The van der Waals surface area contributed by atoms with Crippen molar-refractivity contribution < 1.29 is 13.2 Å². The Bertz CT molecular complexity index is 755. The largest absolute Gasteiger partial charge is 0.340 e. The monoisotopic (exact) mass is 381 g/mol. The van der Waals surface area contributed by atoms with Crippen molar-refractivity contribution in [2.75, 3.05) is 39.8 Å². The number of nitrogens with zero attached hydrogens (tertiary/aromatic N) is 2. The fourth-order valence-corrected chi connectivity index (χ4v) is 5.55. The highest BCUT2D eigenvalue weighted by Crippen LogP contribution is 2.29. The molecule has 6 nitrogen and oxygen atoms in total. The SMILES string of the molecule is CNCC(C)C(=O)N1CCN(S(=O)(=O)c2c(C)c(C)cc(C)c2C)CC1. The molecule has 1 fully saturated rings. The molecule has 1 aliphatic heterocycles. The van der Waals surface area contributed by atoms with E-state index in [1.165, 1.54) is 4.31 Å². The standard InChI is InChI=1S/C19H31N3O3S/c1-13-11-14(2)17(5)18(16(13)4)26(24,25)22-9-7-21(8-10-22)19(23)15(3)12-20-6/h11,15,20H,7-10,12H2,1-6H3. The van der Waals surface area contributed by atoms with Gasteiger partial charge in [-0.2, -0.15) is 4.31 Å². The number of piperazine rings is 1. The summed E-state index contributed by atoms with van der Waals surface area (Å²) in [6, 6.07) is 2.03. The molecule has 1 atom stereocenters. The van der Waals surface area contributed by atoms with Gasteiger partial charge in [-0.3, -0.25) is 4.79 Å². The van der Waals surface area contributed by atoms with E-state index in [1.807, 2.05) is 47.7 Å². The van der Waals surface area contributed by atoms with E-state index >= 15 is 0 Å². The minimum absolute atomic E-state index is 0.0789. The predicted molar refractivity (Wildman–Crippen MR) is 104 cm³/mol. The molecule has 7 heteroatoms. The molecule has 2 rings (SSSR count). The van der Waals surface area contributed by atoms with Gasteiger partial charge in [0.25, 0.3) is 0 Å². The summed E-state index contributed by atoms with van der Waals surface area (Å²) in [6.07, 6.45) is 0. The quantitative estimate of drug-likeness (QED) is 0.841. The van der Waals surface area contributed by atoms with Gasteiger partial charge in [0, 0.05) is 38.6 Å². The van der Waals surface area contributed by atoms with Crippen LogP contribution < -0.4 is 5.32 Å². The van der Waals surface area contributed by atoms with Crippen LogP contribution in [0.25, 0.3) is 0 Å². The van der Waals surface area contributed by atoms with E-state index < -0.39 is 10.0 Å². The highest BCUT2D eigenvalue weighted by atomic mass is 32.2. The summed E-state index contributed by atoms with van der Waals surface area (Å²) in [4.78, 5) is 14.6. The van der Waals surface area contributed by atoms with Crippen molar-refractivity contribution in [2.45, 2.75) is 39.5 Å². The summed E-state index contributed by atoms with van der Waals surface area (Å²) < 4.78 is 28.0. The van der Waals surface area contributed by atoms with E-state index in [2.05, 4.69) is 5.32 Å². The van der Waals surface area contributed by atoms with Crippen LogP contribution >= 0.6 is 0 Å². The zero-order valence-electron chi connectivity index (χ0n) is 16.7. The maximum absolute atomic E-state index is 13.3. The smallest absolute Gasteiger partial charge is 0.243 e. The predicted octanol–water partition coefficient (Wildman–Crippen LogP) is 1.61. The summed E-state index contributed by atoms with van der Waals surface area (Å²) in [5, 5.41) is 3.01. The number of aryl methyl sites for hydroxylation is 2. The maximum Gasteiger partial charge on any atom is 0.243 e. The first kappa shape index (κ1) is 20.9. The first-order chi connectivity index (χ1) is 12.1. The van der Waals surface area contributed by atoms with Gasteiger partial charge >= 0.3 is 0 Å². The van der Waals surface area contributed by atoms with E-state index in [0.717, 1.165) is 22.3 Å². The lowest BCUT2D eigenvalue weighted by Crippen LogP contribution is -2.52. The molecule has 1 aromatic carbocycles. The van der Waals surface area contributed by atoms with Crippen LogP contribution in [0.5, 0.6) is 0 Å². The van der Waals surface area contributed by atoms with Crippen molar-refractivity contribution in [2.24, 2.45) is 5.92 Å². The number of benzene rings is 1. The lowest BCUT2D eigenvalue weighted by molar-refractivity contribution is -0.136. The summed E-state index contributed by atoms with van der Waals surface area (Å²) in [6.45, 7) is 11.7. The number of nitrogens with one attached hydrogen (secondary N) is 1. The zero-order valence-corrected chi connectivity index (χ0v) is 17.5. The molecular weight excluding hydrogens is 350 g/mol. The summed E-state index contributed by atoms with van der Waals surface area (Å²) >= 11 is 0. The lowest BCUT2D eigenvalue weighted by atomic mass is 10.0. The summed E-state index contributed by atoms with van der Waals surface area (Å²) in [7, 11) is -1.74. The van der Waals surface area contributed by atoms with Gasteiger partial charge in [-0.1, -0.05) is 13.0 Å². The number of hydrogen-bond donors (Lipinski definition) is 1. The molecule has 0 radical (unpaired) electrons. The first-order valence-corrected chi connectivity index (χ1v) is 10.6. The van der Waals surface area contributed by atoms with Crippen LogP contribution in [0, 0.1) is 33.6 Å². The zero-order chi connectivity index (χ0) is 19.6. The molecule has 1 unspecified atom stereocenters. The Morgan fingerprint density at radius 2 is 1.58 bits per heavy atom. The van der Waals surface area contributed by atoms with Crippen LogP contribution in [0.15, 0.2) is 11.0 Å². The number of sulfonamides is 1. The molecule has 1 N–H and O–H groups in total. The number of carbonyl (C=O) groups is 1. The maximum atomic E-state index is 13.3. The van der Waals surface area contributed by atoms with Gasteiger partial charge in [-0.25, -0.2) is 8.42 Å². The van der Waals surface area contributed by atoms with Gasteiger partial charge in [-0.05, 0) is 57.0 Å². The Morgan fingerprint density at radius 3 is 2.04 bits per heavy atom. The van der Waals surface area contributed by atoms with Gasteiger partial charge in [0.1, 0.15) is 0 Å². The van der Waals surface area contributed by atoms with E-state index in [9.17, 15) is 13.2 Å². The minimum atomic E-state index is -3.56. The summed E-state index contributed by atoms with van der Waals surface area (Å²) in [5.74, 6) is -0.0257. The summed E-state index contributed by atoms with van der Waals surface area (Å²) in [5.41, 5.74) is 3.60. The number of hydrogen-bond acceptors (Lipinski definition) is 4. The Morgan fingerprint density at radius 1 is 1.08 bits per heavy atom. The lowest BCUT2D eigenvalue weighted by Gasteiger charge is -2.36. The van der Waals surface area contributed by atoms with Gasteiger partial charge < -0.3 is 10.2 Å². The Kier molecular flexibility index (Phi) is 6.47. The van der Waals surface area contributed by atoms with Crippen molar-refractivity contribution in [1.29, 1.82) is 0 Å². The minimum Gasteiger partial charge on any atom is -0.340 e. The van der Waals surface area contributed by atoms with Crippen LogP contribution in [-0.4, -0.2) is 63.3 Å². The Balaban J connectivity index is 2.21. The van der Waals surface area contributed by atoms with Crippen LogP contribution in [0.3, 0.4) is 0 Å². The molecule has 26 heavy (non-hydrogen) atoms. The molecule has 0 bridgehead atoms. The van der Waals surface area contributed by atoms with Crippen molar-refractivity contribution >= 4 is 15.9 Å². The molecule has 1 aromatic rings. The molecule has 1 amide bonds. The second-order valence-corrected chi connectivity index (χ2v) is 9.15. The molecule has 0 aromatic heterocycles. The fraction of sp³-hybridized carbons (Fsp3) is 0.632. The number of amides is 1. The number of rotatable bonds is 5. The highest BCUT2D eigenvalue weighted by molar-refractivity contribution is 7.89. The third kappa shape index (κ3) is 3.94. The Labute approximate surface area is 157 Å². The number of carbonyl (C=O) groups excluding carboxylic acids is 1. The van der Waals surface area contributed by atoms with E-state index in [-0.39, 0.29) is 11.8 Å². The van der Waals surface area contributed by atoms with Crippen LogP contribution in [0.2, 0.25) is 0 Å². The molecule has 1 heterocycles. The first-order valence-electron chi connectivity index (χ1n) is 9.12. The normalized spacial score (nSPS) is 17.4. The van der Waals surface area contributed by atoms with Gasteiger partial charge in [-0.15, -0.1) is 0 Å². The molecule has 146 valence electrons. The highest BCUT2D eigenvalue weighted by Gasteiger charge is 2.33. The van der Waals surface area contributed by atoms with Crippen LogP contribution in [-0.2, 0) is 14.8 Å². The second kappa shape index (κ2) is 8.06. The van der Waals surface area contributed by atoms with Crippen LogP contribution in [0.4, 0.5) is 0 Å². The molecule has 0 spiro atoms. The second-order valence-electron chi connectivity index (χ2n) is 7.28. The molecule has 0 aliphatic carbocycles. The van der Waals surface area contributed by atoms with Crippen molar-refractivity contribution in [3.63, 3.8) is 0 Å². The topological polar surface area (TPSA) is 69.7 Å². The van der Waals surface area contributed by atoms with Crippen LogP contribution in [0.1, 0.15) is 29.2 Å². The van der Waals surface area contributed by atoms with Crippen molar-refractivity contribution in [1.82, 2.24) is 14.5 Å². The molecule has 0 saturated carbocycles. The van der Waals surface area contributed by atoms with E-state index in [0.29, 0.717) is 37.6 Å². The average Bonchev–Trinajstić information content (AvgIpc) is 2.59. The van der Waals surface area contributed by atoms with Crippen molar-refractivity contribution in [3.05, 3.63) is 28.3 Å². The molecule has 1 aliphatic rings. The van der Waals surface area contributed by atoms with Gasteiger partial charge in [0.05, 0.1) is 4.90 Å². The molecule has 1 saturated heterocycles. The van der Waals surface area contributed by atoms with Gasteiger partial charge in [0.2, 0.25) is 15.9 Å². The third-order valence-electron chi connectivity index (χ3n) is 5.38. The third-order valence-corrected chi connectivity index (χ3v) is 7.55. The molecular formula is C19H31N3O3S. The average molecular weight is 382 g/mol. The van der Waals surface area contributed by atoms with Crippen molar-refractivity contribution in [3.8, 4) is 0 Å². The van der Waals surface area contributed by atoms with Gasteiger partial charge in [0.15, 0.2) is 0 Å². The Hall–Kier alpha value is -1.44.